The first-order chi connectivity index (χ1) is 14.1. The number of hydrogen-bond donors (Lipinski definition) is 2. The fourth-order valence-corrected chi connectivity index (χ4v) is 3.32. The molecule has 152 valence electrons. The number of para-hydroxylation sites is 1. The van der Waals surface area contributed by atoms with Gasteiger partial charge in [-0.1, -0.05) is 19.1 Å². The molecule has 6 nitrogen and oxygen atoms in total. The number of anilines is 1. The van der Waals surface area contributed by atoms with Crippen molar-refractivity contribution in [3.05, 3.63) is 59.7 Å². The predicted molar refractivity (Wildman–Crippen MR) is 117 cm³/mol. The normalized spacial score (nSPS) is 13.1. The Hall–Kier alpha value is -2.93. The van der Waals surface area contributed by atoms with Crippen LogP contribution in [0.5, 0.6) is 5.75 Å². The molecule has 1 saturated heterocycles. The van der Waals surface area contributed by atoms with Crippen molar-refractivity contribution in [2.45, 2.75) is 26.2 Å². The summed E-state index contributed by atoms with van der Waals surface area (Å²) in [6.45, 7) is 4.21. The molecule has 1 aliphatic heterocycles. The van der Waals surface area contributed by atoms with Crippen LogP contribution in [0, 0.1) is 0 Å². The summed E-state index contributed by atoms with van der Waals surface area (Å²) in [5.41, 5.74) is 1.60. The summed E-state index contributed by atoms with van der Waals surface area (Å²) in [5.74, 6) is 0.369. The summed E-state index contributed by atoms with van der Waals surface area (Å²) in [6, 6.07) is 14.1. The third-order valence-electron chi connectivity index (χ3n) is 4.62. The Balaban J connectivity index is 1.62. The number of carbonyl (C=O) groups excluding carboxylic acids is 2. The van der Waals surface area contributed by atoms with Gasteiger partial charge in [-0.15, -0.1) is 0 Å². The Morgan fingerprint density at radius 2 is 1.76 bits per heavy atom. The molecule has 1 fully saturated rings. The second-order valence-corrected chi connectivity index (χ2v) is 7.23. The Morgan fingerprint density at radius 1 is 1.07 bits per heavy atom. The van der Waals surface area contributed by atoms with Crippen molar-refractivity contribution in [3.63, 3.8) is 0 Å². The zero-order chi connectivity index (χ0) is 20.6. The molecule has 0 unspecified atom stereocenters. The van der Waals surface area contributed by atoms with Gasteiger partial charge in [0.1, 0.15) is 5.75 Å². The summed E-state index contributed by atoms with van der Waals surface area (Å²) >= 11 is 5.28. The van der Waals surface area contributed by atoms with Crippen molar-refractivity contribution in [2.75, 3.05) is 25.0 Å². The van der Waals surface area contributed by atoms with Gasteiger partial charge >= 0.3 is 0 Å². The number of benzene rings is 2. The van der Waals surface area contributed by atoms with Crippen LogP contribution in [0.25, 0.3) is 0 Å². The lowest BCUT2D eigenvalue weighted by Crippen LogP contribution is -2.35. The van der Waals surface area contributed by atoms with E-state index in [1.54, 1.807) is 36.4 Å². The molecule has 0 saturated carbocycles. The molecular weight excluding hydrogens is 386 g/mol. The van der Waals surface area contributed by atoms with Crippen LogP contribution in [-0.2, 0) is 0 Å². The number of amides is 2. The second kappa shape index (κ2) is 10.0. The van der Waals surface area contributed by atoms with Gasteiger partial charge in [0.25, 0.3) is 11.8 Å². The Kier molecular flexibility index (Phi) is 7.19. The Bertz CT molecular complexity index is 877. The SMILES string of the molecule is CCCOc1ccc(C(=O)NC(=S)Nc2ccccc2C(=O)N2CCCC2)cc1. The molecule has 0 radical (unpaired) electrons. The molecule has 0 bridgehead atoms. The second-order valence-electron chi connectivity index (χ2n) is 6.83. The number of nitrogens with zero attached hydrogens (tertiary/aromatic N) is 1. The Morgan fingerprint density at radius 3 is 2.45 bits per heavy atom. The van der Waals surface area contributed by atoms with E-state index in [9.17, 15) is 9.59 Å². The minimum atomic E-state index is -0.326. The van der Waals surface area contributed by atoms with Crippen molar-refractivity contribution in [2.24, 2.45) is 0 Å². The number of likely N-dealkylation sites (tertiary alicyclic amines) is 1. The van der Waals surface area contributed by atoms with Crippen LogP contribution in [-0.4, -0.2) is 41.5 Å². The van der Waals surface area contributed by atoms with Crippen molar-refractivity contribution in [1.82, 2.24) is 10.2 Å². The van der Waals surface area contributed by atoms with Gasteiger partial charge in [-0.2, -0.15) is 0 Å². The quantitative estimate of drug-likeness (QED) is 0.707. The van der Waals surface area contributed by atoms with E-state index in [-0.39, 0.29) is 16.9 Å². The van der Waals surface area contributed by atoms with Crippen LogP contribution < -0.4 is 15.4 Å². The van der Waals surface area contributed by atoms with Crippen molar-refractivity contribution >= 4 is 34.8 Å². The molecule has 0 aliphatic carbocycles. The molecule has 3 rings (SSSR count). The largest absolute Gasteiger partial charge is 0.494 e. The molecule has 0 aromatic heterocycles. The maximum atomic E-state index is 12.7. The van der Waals surface area contributed by atoms with Gasteiger partial charge in [-0.25, -0.2) is 0 Å². The summed E-state index contributed by atoms with van der Waals surface area (Å²) < 4.78 is 5.52. The smallest absolute Gasteiger partial charge is 0.257 e. The number of hydrogen-bond acceptors (Lipinski definition) is 4. The summed E-state index contributed by atoms with van der Waals surface area (Å²) in [7, 11) is 0. The molecule has 2 amide bonds. The van der Waals surface area contributed by atoms with Crippen LogP contribution in [0.4, 0.5) is 5.69 Å². The van der Waals surface area contributed by atoms with Crippen LogP contribution in [0.3, 0.4) is 0 Å². The minimum Gasteiger partial charge on any atom is -0.494 e. The fraction of sp³-hybridized carbons (Fsp3) is 0.318. The van der Waals surface area contributed by atoms with E-state index in [4.69, 9.17) is 17.0 Å². The molecule has 29 heavy (non-hydrogen) atoms. The Labute approximate surface area is 176 Å². The maximum absolute atomic E-state index is 12.7. The summed E-state index contributed by atoms with van der Waals surface area (Å²) in [6.07, 6.45) is 2.97. The van der Waals surface area contributed by atoms with Gasteiger partial charge in [0.2, 0.25) is 0 Å². The highest BCUT2D eigenvalue weighted by Crippen LogP contribution is 2.20. The van der Waals surface area contributed by atoms with E-state index in [0.29, 0.717) is 23.4 Å². The first kappa shape index (κ1) is 20.8. The maximum Gasteiger partial charge on any atom is 0.257 e. The average Bonchev–Trinajstić information content (AvgIpc) is 3.27. The molecule has 2 aromatic carbocycles. The van der Waals surface area contributed by atoms with E-state index < -0.39 is 0 Å². The van der Waals surface area contributed by atoms with Gasteiger partial charge in [-0.3, -0.25) is 14.9 Å². The molecule has 2 aromatic rings. The number of ether oxygens (including phenoxy) is 1. The fourth-order valence-electron chi connectivity index (χ4n) is 3.12. The molecule has 1 heterocycles. The molecule has 0 spiro atoms. The predicted octanol–water partition coefficient (Wildman–Crippen LogP) is 3.84. The zero-order valence-corrected chi connectivity index (χ0v) is 17.3. The lowest BCUT2D eigenvalue weighted by atomic mass is 10.1. The monoisotopic (exact) mass is 411 g/mol. The number of rotatable bonds is 6. The van der Waals surface area contributed by atoms with Crippen LogP contribution >= 0.6 is 12.2 Å². The van der Waals surface area contributed by atoms with Gasteiger partial charge in [0.15, 0.2) is 5.11 Å². The van der Waals surface area contributed by atoms with Crippen molar-refractivity contribution in [1.29, 1.82) is 0 Å². The van der Waals surface area contributed by atoms with Gasteiger partial charge in [-0.05, 0) is 67.9 Å². The van der Waals surface area contributed by atoms with E-state index in [2.05, 4.69) is 10.6 Å². The van der Waals surface area contributed by atoms with Gasteiger partial charge in [0.05, 0.1) is 17.9 Å². The van der Waals surface area contributed by atoms with Gasteiger partial charge < -0.3 is 15.0 Å². The highest BCUT2D eigenvalue weighted by Gasteiger charge is 2.22. The van der Waals surface area contributed by atoms with Crippen LogP contribution in [0.2, 0.25) is 0 Å². The molecule has 7 heteroatoms. The number of carbonyl (C=O) groups is 2. The molecular formula is C22H25N3O3S. The van der Waals surface area contributed by atoms with Crippen LogP contribution in [0.1, 0.15) is 46.9 Å². The van der Waals surface area contributed by atoms with E-state index in [1.165, 1.54) is 0 Å². The van der Waals surface area contributed by atoms with Gasteiger partial charge in [0, 0.05) is 18.7 Å². The summed E-state index contributed by atoms with van der Waals surface area (Å²) in [5, 5.41) is 5.78. The van der Waals surface area contributed by atoms with E-state index in [1.807, 2.05) is 24.0 Å². The van der Waals surface area contributed by atoms with Crippen LogP contribution in [0.15, 0.2) is 48.5 Å². The third-order valence-corrected chi connectivity index (χ3v) is 4.82. The third kappa shape index (κ3) is 5.54. The first-order valence-corrected chi connectivity index (χ1v) is 10.2. The number of nitrogens with one attached hydrogen (secondary N) is 2. The minimum absolute atomic E-state index is 0.0256. The van der Waals surface area contributed by atoms with Crippen molar-refractivity contribution < 1.29 is 14.3 Å². The standard InChI is InChI=1S/C22H25N3O3S/c1-2-15-28-17-11-9-16(10-12-17)20(26)24-22(29)23-19-8-4-3-7-18(19)21(27)25-13-5-6-14-25/h3-4,7-12H,2,5-6,13-15H2,1H3,(H2,23,24,26,29). The highest BCUT2D eigenvalue weighted by atomic mass is 32.1. The lowest BCUT2D eigenvalue weighted by Gasteiger charge is -2.18. The highest BCUT2D eigenvalue weighted by molar-refractivity contribution is 7.80. The topological polar surface area (TPSA) is 70.7 Å². The van der Waals surface area contributed by atoms with Crippen molar-refractivity contribution in [3.8, 4) is 5.75 Å². The zero-order valence-electron chi connectivity index (χ0n) is 16.4. The van der Waals surface area contributed by atoms with E-state index in [0.717, 1.165) is 38.1 Å². The number of thiocarbonyl (C=S) groups is 1. The molecule has 0 atom stereocenters. The van der Waals surface area contributed by atoms with E-state index >= 15 is 0 Å². The summed E-state index contributed by atoms with van der Waals surface area (Å²) in [4.78, 5) is 27.0. The average molecular weight is 412 g/mol. The molecule has 1 aliphatic rings. The molecule has 2 N–H and O–H groups in total. The first-order valence-electron chi connectivity index (χ1n) is 9.82. The lowest BCUT2D eigenvalue weighted by molar-refractivity contribution is 0.0793.